The van der Waals surface area contributed by atoms with Crippen molar-refractivity contribution < 1.29 is 4.79 Å². The second-order valence-electron chi connectivity index (χ2n) is 8.29. The van der Waals surface area contributed by atoms with Crippen molar-refractivity contribution in [2.45, 2.75) is 44.8 Å². The van der Waals surface area contributed by atoms with Gasteiger partial charge in [-0.3, -0.25) is 14.5 Å². The molecule has 0 aliphatic carbocycles. The highest BCUT2D eigenvalue weighted by Crippen LogP contribution is 2.30. The number of H-pyrrole nitrogens is 1. The molecule has 1 saturated heterocycles. The van der Waals surface area contributed by atoms with Gasteiger partial charge in [0.1, 0.15) is 5.82 Å². The summed E-state index contributed by atoms with van der Waals surface area (Å²) in [6, 6.07) is 13.4. The number of nitrogens with zero attached hydrogens (tertiary/aromatic N) is 3. The van der Waals surface area contributed by atoms with Crippen LogP contribution in [0.4, 0.5) is 0 Å². The van der Waals surface area contributed by atoms with E-state index in [4.69, 9.17) is 4.98 Å². The molecule has 2 aliphatic heterocycles. The summed E-state index contributed by atoms with van der Waals surface area (Å²) in [4.78, 5) is 39.6. The molecule has 3 aromatic rings. The lowest BCUT2D eigenvalue weighted by atomic mass is 9.99. The normalized spacial score (nSPS) is 19.2. The summed E-state index contributed by atoms with van der Waals surface area (Å²) in [5.74, 6) is 0.646. The number of thiophene rings is 1. The van der Waals surface area contributed by atoms with Crippen LogP contribution in [-0.2, 0) is 19.5 Å². The third kappa shape index (κ3) is 4.20. The molecule has 1 aromatic carbocycles. The lowest BCUT2D eigenvalue weighted by Crippen LogP contribution is -2.41. The number of carbonyl (C=O) groups is 1. The Bertz CT molecular complexity index is 1110. The fraction of sp³-hybridized carbons (Fsp3) is 0.375. The molecule has 5 rings (SSSR count). The lowest BCUT2D eigenvalue weighted by Gasteiger charge is -2.36. The zero-order valence-electron chi connectivity index (χ0n) is 17.4. The highest BCUT2D eigenvalue weighted by Gasteiger charge is 2.32. The molecule has 160 valence electrons. The summed E-state index contributed by atoms with van der Waals surface area (Å²) in [6.07, 6.45) is 3.59. The molecule has 0 radical (unpaired) electrons. The first-order chi connectivity index (χ1) is 15.2. The van der Waals surface area contributed by atoms with E-state index >= 15 is 0 Å². The van der Waals surface area contributed by atoms with Crippen molar-refractivity contribution in [3.8, 4) is 0 Å². The fourth-order valence-corrected chi connectivity index (χ4v) is 5.37. The first-order valence-corrected chi connectivity index (χ1v) is 11.8. The van der Waals surface area contributed by atoms with Crippen LogP contribution in [-0.4, -0.2) is 38.8 Å². The molecule has 0 unspecified atom stereocenters. The highest BCUT2D eigenvalue weighted by atomic mass is 32.1. The minimum Gasteiger partial charge on any atom is -0.328 e. The number of carbonyl (C=O) groups excluding carboxylic acids is 1. The smallest absolute Gasteiger partial charge is 0.255 e. The predicted molar refractivity (Wildman–Crippen MR) is 121 cm³/mol. The Morgan fingerprint density at radius 1 is 1.13 bits per heavy atom. The maximum Gasteiger partial charge on any atom is 0.255 e. The first kappa shape index (κ1) is 20.2. The number of aromatic nitrogens is 2. The zero-order valence-corrected chi connectivity index (χ0v) is 18.2. The SMILES string of the molecule is O=C(c1ccccc1)N1CCCC[C@@H]1c1nc2c(c(=O)[nH]1)CN(Cc1cccs1)CC2. The summed E-state index contributed by atoms with van der Waals surface area (Å²) in [5, 5.41) is 2.08. The highest BCUT2D eigenvalue weighted by molar-refractivity contribution is 7.09. The maximum absolute atomic E-state index is 13.2. The molecule has 7 heteroatoms. The van der Waals surface area contributed by atoms with E-state index in [2.05, 4.69) is 27.4 Å². The third-order valence-electron chi connectivity index (χ3n) is 6.23. The van der Waals surface area contributed by atoms with Gasteiger partial charge in [-0.25, -0.2) is 4.98 Å². The molecule has 6 nitrogen and oxygen atoms in total. The minimum absolute atomic E-state index is 0.00722. The van der Waals surface area contributed by atoms with E-state index in [1.54, 1.807) is 11.3 Å². The Morgan fingerprint density at radius 3 is 2.81 bits per heavy atom. The molecule has 0 saturated carbocycles. The molecule has 1 N–H and O–H groups in total. The van der Waals surface area contributed by atoms with E-state index < -0.39 is 0 Å². The van der Waals surface area contributed by atoms with Gasteiger partial charge in [0, 0.05) is 43.0 Å². The molecular formula is C24H26N4O2S. The molecule has 4 heterocycles. The average Bonchev–Trinajstić information content (AvgIpc) is 3.32. The topological polar surface area (TPSA) is 69.3 Å². The Labute approximate surface area is 185 Å². The summed E-state index contributed by atoms with van der Waals surface area (Å²) >= 11 is 1.74. The number of amides is 1. The molecule has 1 amide bonds. The van der Waals surface area contributed by atoms with Crippen molar-refractivity contribution >= 4 is 17.2 Å². The van der Waals surface area contributed by atoms with Crippen LogP contribution in [0, 0.1) is 0 Å². The van der Waals surface area contributed by atoms with Crippen LogP contribution in [0.2, 0.25) is 0 Å². The monoisotopic (exact) mass is 434 g/mol. The molecular weight excluding hydrogens is 408 g/mol. The van der Waals surface area contributed by atoms with Crippen LogP contribution in [0.3, 0.4) is 0 Å². The van der Waals surface area contributed by atoms with E-state index in [0.717, 1.165) is 50.0 Å². The van der Waals surface area contributed by atoms with Gasteiger partial charge < -0.3 is 9.88 Å². The third-order valence-corrected chi connectivity index (χ3v) is 7.09. The molecule has 0 spiro atoms. The van der Waals surface area contributed by atoms with Gasteiger partial charge in [-0.1, -0.05) is 24.3 Å². The number of hydrogen-bond donors (Lipinski definition) is 1. The molecule has 0 bridgehead atoms. The van der Waals surface area contributed by atoms with Crippen LogP contribution in [0.15, 0.2) is 52.6 Å². The minimum atomic E-state index is -0.177. The van der Waals surface area contributed by atoms with Crippen molar-refractivity contribution in [1.82, 2.24) is 19.8 Å². The van der Waals surface area contributed by atoms with Crippen LogP contribution < -0.4 is 5.56 Å². The summed E-state index contributed by atoms with van der Waals surface area (Å²) < 4.78 is 0. The quantitative estimate of drug-likeness (QED) is 0.679. The van der Waals surface area contributed by atoms with Crippen molar-refractivity contribution in [2.24, 2.45) is 0 Å². The zero-order chi connectivity index (χ0) is 21.2. The average molecular weight is 435 g/mol. The van der Waals surface area contributed by atoms with Gasteiger partial charge in [0.2, 0.25) is 0 Å². The molecule has 31 heavy (non-hydrogen) atoms. The number of nitrogens with one attached hydrogen (secondary N) is 1. The van der Waals surface area contributed by atoms with Gasteiger partial charge in [0.15, 0.2) is 0 Å². The molecule has 1 atom stereocenters. The van der Waals surface area contributed by atoms with Gasteiger partial charge in [-0.15, -0.1) is 11.3 Å². The largest absolute Gasteiger partial charge is 0.328 e. The number of rotatable bonds is 4. The van der Waals surface area contributed by atoms with E-state index in [0.29, 0.717) is 24.5 Å². The van der Waals surface area contributed by atoms with Gasteiger partial charge in [-0.2, -0.15) is 0 Å². The summed E-state index contributed by atoms with van der Waals surface area (Å²) in [7, 11) is 0. The number of aromatic amines is 1. The number of fused-ring (bicyclic) bond motifs is 1. The van der Waals surface area contributed by atoms with Crippen LogP contribution >= 0.6 is 11.3 Å². The van der Waals surface area contributed by atoms with Crippen molar-refractivity contribution in [1.29, 1.82) is 0 Å². The van der Waals surface area contributed by atoms with E-state index in [1.807, 2.05) is 35.2 Å². The Kier molecular flexibility index (Phi) is 5.70. The standard InChI is InChI=1S/C24H26N4O2S/c29-23-19-16-27(15-18-9-6-14-31-18)13-11-20(19)25-22(26-23)21-10-4-5-12-28(21)24(30)17-7-2-1-3-8-17/h1-3,6-9,14,21H,4-5,10-13,15-16H2,(H,25,26,29)/t21-/m1/s1. The van der Waals surface area contributed by atoms with E-state index in [1.165, 1.54) is 4.88 Å². The van der Waals surface area contributed by atoms with Crippen molar-refractivity contribution in [2.75, 3.05) is 13.1 Å². The summed E-state index contributed by atoms with van der Waals surface area (Å²) in [5.41, 5.74) is 2.27. The lowest BCUT2D eigenvalue weighted by molar-refractivity contribution is 0.0598. The Morgan fingerprint density at radius 2 is 2.00 bits per heavy atom. The Balaban J connectivity index is 1.39. The molecule has 2 aromatic heterocycles. The second kappa shape index (κ2) is 8.77. The van der Waals surface area contributed by atoms with Gasteiger partial charge in [0.05, 0.1) is 17.3 Å². The predicted octanol–water partition coefficient (Wildman–Crippen LogP) is 3.76. The first-order valence-electron chi connectivity index (χ1n) is 10.9. The second-order valence-corrected chi connectivity index (χ2v) is 9.32. The summed E-state index contributed by atoms with van der Waals surface area (Å²) in [6.45, 7) is 3.05. The molecule has 2 aliphatic rings. The number of piperidine rings is 1. The Hall–Kier alpha value is -2.77. The number of likely N-dealkylation sites (tertiary alicyclic amines) is 1. The maximum atomic E-state index is 13.2. The van der Waals surface area contributed by atoms with Crippen LogP contribution in [0.1, 0.15) is 57.6 Å². The van der Waals surface area contributed by atoms with E-state index in [-0.39, 0.29) is 17.5 Å². The number of hydrogen-bond acceptors (Lipinski definition) is 5. The fourth-order valence-electron chi connectivity index (χ4n) is 4.62. The number of benzene rings is 1. The van der Waals surface area contributed by atoms with Crippen LogP contribution in [0.5, 0.6) is 0 Å². The van der Waals surface area contributed by atoms with Gasteiger partial charge >= 0.3 is 0 Å². The van der Waals surface area contributed by atoms with Crippen molar-refractivity contribution in [3.63, 3.8) is 0 Å². The van der Waals surface area contributed by atoms with E-state index in [9.17, 15) is 9.59 Å². The van der Waals surface area contributed by atoms with Crippen LogP contribution in [0.25, 0.3) is 0 Å². The van der Waals surface area contributed by atoms with Crippen molar-refractivity contribution in [3.05, 3.63) is 85.7 Å². The van der Waals surface area contributed by atoms with Gasteiger partial charge in [0.25, 0.3) is 11.5 Å². The van der Waals surface area contributed by atoms with Gasteiger partial charge in [-0.05, 0) is 42.8 Å². The molecule has 1 fully saturated rings.